The molecule has 6 aromatic rings. The third kappa shape index (κ3) is 11.3. The summed E-state index contributed by atoms with van der Waals surface area (Å²) in [4.78, 5) is 2.86. The largest absolute Gasteiger partial charge is 0.373 e. The zero-order valence-electron chi connectivity index (χ0n) is 36.3. The molecule has 0 spiro atoms. The molecular weight excluding hydrogens is 807 g/mol. The van der Waals surface area contributed by atoms with E-state index >= 15 is 0 Å². The molecule has 13 heteroatoms. The monoisotopic (exact) mass is 867 g/mol. The molecular formula is C51H61N7O6. The van der Waals surface area contributed by atoms with Gasteiger partial charge in [0.05, 0.1) is 25.9 Å². The molecule has 1 aliphatic heterocycles. The van der Waals surface area contributed by atoms with Gasteiger partial charge in [-0.25, -0.2) is 0 Å². The Kier molecular flexibility index (Phi) is 15.9. The van der Waals surface area contributed by atoms with Gasteiger partial charge in [-0.05, 0) is 92.0 Å². The predicted molar refractivity (Wildman–Crippen MR) is 251 cm³/mol. The number of rotatable bonds is 20. The summed E-state index contributed by atoms with van der Waals surface area (Å²) in [5.41, 5.74) is 39.2. The normalized spacial score (nSPS) is 26.0. The van der Waals surface area contributed by atoms with Gasteiger partial charge in [-0.3, -0.25) is 0 Å². The lowest BCUT2D eigenvalue weighted by molar-refractivity contribution is -0.304. The molecule has 8 rings (SSSR count). The maximum atomic E-state index is 8.66. The van der Waals surface area contributed by atoms with Crippen molar-refractivity contribution in [3.8, 4) is 0 Å². The van der Waals surface area contributed by atoms with Crippen molar-refractivity contribution in [1.82, 2.24) is 0 Å². The zero-order valence-corrected chi connectivity index (χ0v) is 36.3. The average Bonchev–Trinajstić information content (AvgIpc) is 3.32. The maximum absolute atomic E-state index is 8.66. The van der Waals surface area contributed by atoms with Crippen LogP contribution in [-0.2, 0) is 48.2 Å². The van der Waals surface area contributed by atoms with Crippen LogP contribution in [-0.4, -0.2) is 80.7 Å². The minimum Gasteiger partial charge on any atom is -0.373 e. The maximum Gasteiger partial charge on any atom is 0.176 e. The Bertz CT molecular complexity index is 2490. The highest BCUT2D eigenvalue weighted by Gasteiger charge is 2.51. The van der Waals surface area contributed by atoms with Crippen LogP contribution in [0.25, 0.3) is 42.8 Å². The number of hydrogen-bond donors (Lipinski definition) is 4. The summed E-state index contributed by atoms with van der Waals surface area (Å²) in [7, 11) is 0. The first-order chi connectivity index (χ1) is 31.4. The Morgan fingerprint density at radius 1 is 0.547 bits per heavy atom. The van der Waals surface area contributed by atoms with E-state index in [4.69, 9.17) is 56.9 Å². The summed E-state index contributed by atoms with van der Waals surface area (Å²) in [5, 5.41) is 10.5. The molecule has 1 saturated carbocycles. The van der Waals surface area contributed by atoms with Crippen molar-refractivity contribution in [2.45, 2.75) is 113 Å². The van der Waals surface area contributed by atoms with Gasteiger partial charge >= 0.3 is 0 Å². The van der Waals surface area contributed by atoms with Gasteiger partial charge in [-0.2, -0.15) is 0 Å². The fraction of sp³-hybridized carbons (Fsp3) is 0.412. The third-order valence-electron chi connectivity index (χ3n) is 12.5. The van der Waals surface area contributed by atoms with E-state index in [-0.39, 0.29) is 13.2 Å². The van der Waals surface area contributed by atoms with Gasteiger partial charge < -0.3 is 51.4 Å². The van der Waals surface area contributed by atoms with E-state index in [1.54, 1.807) is 0 Å². The number of nitrogens with zero attached hydrogens (tertiary/aromatic N) is 3. The zero-order chi connectivity index (χ0) is 44.3. The number of unbranched alkanes of at least 4 members (excludes halogenated alkanes) is 3. The second-order valence-electron chi connectivity index (χ2n) is 17.1. The summed E-state index contributed by atoms with van der Waals surface area (Å²) < 4.78 is 40.5. The molecule has 1 saturated heterocycles. The Labute approximate surface area is 374 Å². The molecule has 6 aromatic carbocycles. The molecule has 336 valence electrons. The van der Waals surface area contributed by atoms with Crippen LogP contribution in [0.5, 0.6) is 0 Å². The van der Waals surface area contributed by atoms with E-state index in [9.17, 15) is 0 Å². The third-order valence-corrected chi connectivity index (χ3v) is 12.5. The fourth-order valence-corrected chi connectivity index (χ4v) is 9.11. The summed E-state index contributed by atoms with van der Waals surface area (Å²) in [6.45, 7) is 1.92. The highest BCUT2D eigenvalue weighted by Crippen LogP contribution is 2.33. The van der Waals surface area contributed by atoms with E-state index in [0.717, 1.165) is 74.7 Å². The second kappa shape index (κ2) is 22.3. The molecule has 1 heterocycles. The van der Waals surface area contributed by atoms with Crippen LogP contribution in [0, 0.1) is 0 Å². The Balaban J connectivity index is 1.03. The van der Waals surface area contributed by atoms with Crippen LogP contribution >= 0.6 is 0 Å². The van der Waals surface area contributed by atoms with E-state index in [1.165, 1.54) is 0 Å². The molecule has 0 unspecified atom stereocenters. The number of nitrogens with two attached hydrogens (primary N) is 4. The van der Waals surface area contributed by atoms with Crippen molar-refractivity contribution >= 4 is 32.3 Å². The van der Waals surface area contributed by atoms with Crippen molar-refractivity contribution in [3.63, 3.8) is 0 Å². The van der Waals surface area contributed by atoms with Gasteiger partial charge in [0.1, 0.15) is 36.6 Å². The Morgan fingerprint density at radius 3 is 1.56 bits per heavy atom. The number of benzene rings is 6. The molecule has 13 nitrogen and oxygen atoms in total. The van der Waals surface area contributed by atoms with E-state index in [2.05, 4.69) is 101 Å². The van der Waals surface area contributed by atoms with Crippen LogP contribution in [0.1, 0.15) is 48.8 Å². The van der Waals surface area contributed by atoms with Crippen molar-refractivity contribution in [2.24, 2.45) is 28.0 Å². The van der Waals surface area contributed by atoms with Crippen molar-refractivity contribution in [2.75, 3.05) is 19.7 Å². The highest BCUT2D eigenvalue weighted by molar-refractivity contribution is 5.84. The Hall–Kier alpha value is -4.99. The molecule has 8 N–H and O–H groups in total. The summed E-state index contributed by atoms with van der Waals surface area (Å²) in [6.07, 6.45) is -0.985. The first-order valence-corrected chi connectivity index (χ1v) is 22.6. The van der Waals surface area contributed by atoms with Crippen LogP contribution in [0.15, 0.2) is 133 Å². The second-order valence-corrected chi connectivity index (χ2v) is 17.1. The van der Waals surface area contributed by atoms with Gasteiger partial charge in [0, 0.05) is 36.7 Å². The van der Waals surface area contributed by atoms with Crippen molar-refractivity contribution < 1.29 is 28.4 Å². The van der Waals surface area contributed by atoms with Gasteiger partial charge in [-0.15, -0.1) is 0 Å². The summed E-state index contributed by atoms with van der Waals surface area (Å²) in [5.74, 6) is 0. The van der Waals surface area contributed by atoms with Crippen LogP contribution in [0.4, 0.5) is 0 Å². The minimum atomic E-state index is -0.978. The number of ether oxygens (including phenoxy) is 6. The SMILES string of the molecule is [N-]=[N+]=NCCCCCCO[C@@H]1[C@@H](OCc2ccc3ccccc3c2)[C@H](N)C[C@H](N)[C@H]1O[C@H]1O[C@H](CN)[C@@H](OCc2ccc3ccccc3c2)[C@H](OCc2ccc3ccccc3c2)[C@H]1N. The van der Waals surface area contributed by atoms with Crippen LogP contribution < -0.4 is 22.9 Å². The lowest BCUT2D eigenvalue weighted by atomic mass is 9.84. The van der Waals surface area contributed by atoms with Gasteiger partial charge in [0.25, 0.3) is 0 Å². The number of hydrogen-bond acceptors (Lipinski definition) is 11. The minimum absolute atomic E-state index is 0.128. The summed E-state index contributed by atoms with van der Waals surface area (Å²) >= 11 is 0. The van der Waals surface area contributed by atoms with Crippen LogP contribution in [0.3, 0.4) is 0 Å². The van der Waals surface area contributed by atoms with Crippen LogP contribution in [0.2, 0.25) is 0 Å². The molecule has 0 radical (unpaired) electrons. The Morgan fingerprint density at radius 2 is 1.03 bits per heavy atom. The molecule has 64 heavy (non-hydrogen) atoms. The quantitative estimate of drug-likeness (QED) is 0.0252. The molecule has 2 fully saturated rings. The number of azide groups is 1. The fourth-order valence-electron chi connectivity index (χ4n) is 9.11. The van der Waals surface area contributed by atoms with E-state index < -0.39 is 61.0 Å². The molecule has 1 aliphatic carbocycles. The topological polar surface area (TPSA) is 208 Å². The smallest absolute Gasteiger partial charge is 0.176 e. The standard InChI is InChI=1S/C51H61N7O6/c52-29-44-48(61-31-34-18-21-37-12-4-7-15-40(37)26-34)49(62-32-35-19-22-38-13-5-8-16-41(38)27-35)45(55)51(63-44)64-47-43(54)28-42(53)46(50(47)59-24-10-2-1-9-23-57-58-56)60-30-33-17-20-36-11-3-6-14-39(36)25-33/h3-8,11-22,25-27,42-51H,1-2,9-10,23-24,28-32,52-55H2/t42-,43+,44-,45-,46+,47-,48-,49-,50-,51-/m1/s1. The molecule has 0 amide bonds. The van der Waals surface area contributed by atoms with Gasteiger partial charge in [0.2, 0.25) is 0 Å². The number of fused-ring (bicyclic) bond motifs is 3. The lowest BCUT2D eigenvalue weighted by Crippen LogP contribution is -2.68. The molecule has 0 aromatic heterocycles. The first kappa shape index (κ1) is 45.6. The average molecular weight is 868 g/mol. The predicted octanol–water partition coefficient (Wildman–Crippen LogP) is 7.91. The van der Waals surface area contributed by atoms with Gasteiger partial charge in [-0.1, -0.05) is 127 Å². The van der Waals surface area contributed by atoms with E-state index in [0.29, 0.717) is 32.8 Å². The summed E-state index contributed by atoms with van der Waals surface area (Å²) in [6, 6.07) is 41.8. The molecule has 0 bridgehead atoms. The molecule has 10 atom stereocenters. The first-order valence-electron chi connectivity index (χ1n) is 22.6. The molecule has 2 aliphatic rings. The lowest BCUT2D eigenvalue weighted by Gasteiger charge is -2.49. The van der Waals surface area contributed by atoms with Crippen molar-refractivity contribution in [3.05, 3.63) is 155 Å². The highest BCUT2D eigenvalue weighted by atomic mass is 16.7. The van der Waals surface area contributed by atoms with Gasteiger partial charge in [0.15, 0.2) is 6.29 Å². The van der Waals surface area contributed by atoms with E-state index in [1.807, 2.05) is 36.4 Å². The van der Waals surface area contributed by atoms with Crippen molar-refractivity contribution in [1.29, 1.82) is 0 Å².